The summed E-state index contributed by atoms with van der Waals surface area (Å²) in [6.45, 7) is 0. The molecule has 1 aromatic rings. The first kappa shape index (κ1) is 5.23. The Labute approximate surface area is 97.5 Å². The molecule has 1 fully saturated rings. The van der Waals surface area contributed by atoms with Crippen LogP contribution in [0, 0.1) is 34.5 Å². The molecule has 1 heterocycles. The van der Waals surface area contributed by atoms with Crippen molar-refractivity contribution < 1.29 is 5.48 Å². The second-order valence-electron chi connectivity index (χ2n) is 3.93. The van der Waals surface area contributed by atoms with Gasteiger partial charge in [-0.2, -0.15) is 10.5 Å². The summed E-state index contributed by atoms with van der Waals surface area (Å²) in [6, 6.07) is 3.37. The number of rotatable bonds is 0. The third-order valence-corrected chi connectivity index (χ3v) is 3.21. The number of hydrogen-bond donors (Lipinski definition) is 0. The van der Waals surface area contributed by atoms with Crippen molar-refractivity contribution in [2.24, 2.45) is 11.8 Å². The lowest BCUT2D eigenvalue weighted by molar-refractivity contribution is 0.729. The van der Waals surface area contributed by atoms with E-state index < -0.39 is 23.6 Å². The average molecular weight is 210 g/mol. The Kier molecular flexibility index (Phi) is 0.753. The summed E-state index contributed by atoms with van der Waals surface area (Å²) in [5.41, 5.74) is 0.213. The summed E-state index contributed by atoms with van der Waals surface area (Å²) in [5, 5.41) is 18.0. The van der Waals surface area contributed by atoms with Crippen LogP contribution in [0.1, 0.15) is 40.1 Å². The predicted molar refractivity (Wildman–Crippen MR) is 53.1 cm³/mol. The molecule has 3 aliphatic rings. The molecule has 74 valence electrons. The Morgan fingerprint density at radius 3 is 2.56 bits per heavy atom. The second kappa shape index (κ2) is 2.31. The molecule has 0 aliphatic heterocycles. The molecule has 3 aliphatic carbocycles. The van der Waals surface area contributed by atoms with Crippen molar-refractivity contribution in [3.8, 4) is 12.1 Å². The fraction of sp³-hybridized carbons (Fsp3) is 0.333. The monoisotopic (exact) mass is 210 g/mol. The molecule has 0 radical (unpaired) electrons. The number of aromatic nitrogens is 2. The maximum Gasteiger partial charge on any atom is 0.177 e. The molecule has 0 spiro atoms. The zero-order valence-electron chi connectivity index (χ0n) is 11.9. The van der Waals surface area contributed by atoms with Crippen LogP contribution in [0.15, 0.2) is 12.1 Å². The minimum Gasteiger partial charge on any atom is -0.237 e. The Morgan fingerprint density at radius 2 is 1.88 bits per heavy atom. The van der Waals surface area contributed by atoms with E-state index in [0.717, 1.165) is 0 Å². The highest BCUT2D eigenvalue weighted by atomic mass is 14.9. The summed E-state index contributed by atoms with van der Waals surface area (Å²) in [4.78, 5) is 8.12. The lowest BCUT2D eigenvalue weighted by Gasteiger charge is -2.06. The van der Waals surface area contributed by atoms with Gasteiger partial charge in [0.1, 0.15) is 12.1 Å². The highest BCUT2D eigenvalue weighted by molar-refractivity contribution is 5.51. The average Bonchev–Trinajstić information content (AvgIpc) is 2.73. The largest absolute Gasteiger partial charge is 0.237 e. The molecular weight excluding hydrogens is 200 g/mol. The van der Waals surface area contributed by atoms with E-state index in [4.69, 9.17) is 16.0 Å². The minimum absolute atomic E-state index is 0.0190. The molecule has 4 heteroatoms. The van der Waals surface area contributed by atoms with Crippen molar-refractivity contribution in [3.63, 3.8) is 0 Å². The van der Waals surface area contributed by atoms with Crippen LogP contribution in [0.5, 0.6) is 0 Å². The second-order valence-corrected chi connectivity index (χ2v) is 3.93. The molecule has 0 amide bonds. The summed E-state index contributed by atoms with van der Waals surface area (Å²) < 4.78 is 32.5. The molecule has 4 atom stereocenters. The molecule has 0 aromatic carbocycles. The highest BCUT2D eigenvalue weighted by Crippen LogP contribution is 2.70. The maximum absolute atomic E-state index is 8.98. The predicted octanol–water partition coefficient (Wildman–Crippen LogP) is 1.22. The van der Waals surface area contributed by atoms with Crippen LogP contribution in [0.3, 0.4) is 0 Å². The number of nitriles is 2. The van der Waals surface area contributed by atoms with E-state index in [2.05, 4.69) is 9.97 Å². The van der Waals surface area contributed by atoms with E-state index in [1.807, 2.05) is 0 Å². The quantitative estimate of drug-likeness (QED) is 0.603. The number of nitrogens with zero attached hydrogens (tertiary/aromatic N) is 4. The summed E-state index contributed by atoms with van der Waals surface area (Å²) >= 11 is 0. The van der Waals surface area contributed by atoms with Gasteiger partial charge in [0.05, 0.1) is 14.1 Å². The zero-order valence-corrected chi connectivity index (χ0v) is 7.94. The van der Waals surface area contributed by atoms with Gasteiger partial charge in [-0.1, -0.05) is 12.1 Å². The molecule has 4 nitrogen and oxygen atoms in total. The van der Waals surface area contributed by atoms with Crippen molar-refractivity contribution >= 4 is 0 Å². The summed E-state index contributed by atoms with van der Waals surface area (Å²) in [5.74, 6) is -4.00. The molecule has 16 heavy (non-hydrogen) atoms. The van der Waals surface area contributed by atoms with Crippen LogP contribution >= 0.6 is 0 Å². The fourth-order valence-corrected chi connectivity index (χ4v) is 2.48. The van der Waals surface area contributed by atoms with E-state index in [9.17, 15) is 0 Å². The molecule has 1 saturated carbocycles. The van der Waals surface area contributed by atoms with Crippen LogP contribution in [0.4, 0.5) is 0 Å². The molecule has 1 aromatic heterocycles. The van der Waals surface area contributed by atoms with Crippen molar-refractivity contribution in [2.75, 3.05) is 0 Å². The molecule has 0 N–H and O–H groups in total. The standard InChI is InChI=1S/C12H6N4/c13-3-7-8(4-14)16-12-10-5-1-2-6(9(5)10)11(12)15-7/h1-2,5-6,9-10H/i1D,2D,5D,10D. The van der Waals surface area contributed by atoms with Crippen molar-refractivity contribution in [1.29, 1.82) is 10.5 Å². The topological polar surface area (TPSA) is 73.4 Å². The maximum atomic E-state index is 8.98. The molecule has 4 rings (SSSR count). The van der Waals surface area contributed by atoms with Gasteiger partial charge in [0.15, 0.2) is 11.4 Å². The Bertz CT molecular complexity index is 820. The van der Waals surface area contributed by atoms with E-state index >= 15 is 0 Å². The van der Waals surface area contributed by atoms with Crippen molar-refractivity contribution in [3.05, 3.63) is 34.9 Å². The van der Waals surface area contributed by atoms with Crippen LogP contribution in [0.2, 0.25) is 0 Å². The first-order valence-electron chi connectivity index (χ1n) is 6.83. The lowest BCUT2D eigenvalue weighted by atomic mass is 10.1. The number of hydrogen-bond acceptors (Lipinski definition) is 4. The van der Waals surface area contributed by atoms with Gasteiger partial charge in [-0.15, -0.1) is 0 Å². The molecular formula is C12H6N4. The van der Waals surface area contributed by atoms with Crippen LogP contribution in [0.25, 0.3) is 0 Å². The van der Waals surface area contributed by atoms with E-state index in [-0.39, 0.29) is 29.2 Å². The SMILES string of the molecule is [2H]C1=C([2H])C2([2H])C3C1c1nc(C#N)c(C#N)nc1C32[2H]. The highest BCUT2D eigenvalue weighted by Gasteiger charge is 2.63. The first-order valence-corrected chi connectivity index (χ1v) is 4.83. The van der Waals surface area contributed by atoms with Gasteiger partial charge in [-0.25, -0.2) is 9.97 Å². The zero-order chi connectivity index (χ0) is 14.4. The van der Waals surface area contributed by atoms with E-state index in [0.29, 0.717) is 5.69 Å². The van der Waals surface area contributed by atoms with Gasteiger partial charge < -0.3 is 0 Å². The minimum atomic E-state index is -1.45. The van der Waals surface area contributed by atoms with Gasteiger partial charge in [0, 0.05) is 14.6 Å². The normalized spacial score (nSPS) is 49.1. The van der Waals surface area contributed by atoms with E-state index in [1.165, 1.54) is 0 Å². The molecule has 0 saturated heterocycles. The number of fused-ring (bicyclic) bond motifs is 4. The van der Waals surface area contributed by atoms with Crippen LogP contribution in [-0.4, -0.2) is 9.97 Å². The van der Waals surface area contributed by atoms with Crippen molar-refractivity contribution in [1.82, 2.24) is 9.97 Å². The first-order chi connectivity index (χ1) is 9.42. The summed E-state index contributed by atoms with van der Waals surface area (Å²) in [7, 11) is 0. The van der Waals surface area contributed by atoms with Gasteiger partial charge in [0.25, 0.3) is 0 Å². The Morgan fingerprint density at radius 1 is 1.19 bits per heavy atom. The van der Waals surface area contributed by atoms with Crippen molar-refractivity contribution in [2.45, 2.75) is 11.8 Å². The van der Waals surface area contributed by atoms with Crippen LogP contribution in [-0.2, 0) is 0 Å². The van der Waals surface area contributed by atoms with E-state index in [1.54, 1.807) is 12.1 Å². The van der Waals surface area contributed by atoms with Gasteiger partial charge in [0.2, 0.25) is 0 Å². The molecule has 0 bridgehead atoms. The Hall–Kier alpha value is -2.20. The van der Waals surface area contributed by atoms with Crippen LogP contribution < -0.4 is 0 Å². The third-order valence-electron chi connectivity index (χ3n) is 3.21. The lowest BCUT2D eigenvalue weighted by Crippen LogP contribution is -2.05. The van der Waals surface area contributed by atoms with Gasteiger partial charge in [-0.3, -0.25) is 0 Å². The van der Waals surface area contributed by atoms with Gasteiger partial charge in [-0.05, 0) is 11.8 Å². The smallest absolute Gasteiger partial charge is 0.177 e. The Balaban J connectivity index is 2.05. The summed E-state index contributed by atoms with van der Waals surface area (Å²) in [6.07, 6.45) is 0. The van der Waals surface area contributed by atoms with Gasteiger partial charge >= 0.3 is 0 Å². The third kappa shape index (κ3) is 0.686. The fourth-order valence-electron chi connectivity index (χ4n) is 2.48. The molecule has 4 unspecified atom stereocenters. The number of allylic oxidation sites excluding steroid dienone is 2.